The Balaban J connectivity index is 2.18. The third kappa shape index (κ3) is 3.98. The van der Waals surface area contributed by atoms with E-state index in [9.17, 15) is 14.7 Å². The average molecular weight is 434 g/mol. The fourth-order valence-corrected chi connectivity index (χ4v) is 3.74. The number of fused-ring (bicyclic) bond motifs is 1. The number of aromatic hydroxyl groups is 1. The Morgan fingerprint density at radius 3 is 2.52 bits per heavy atom. The fraction of sp³-hybridized carbons (Fsp3) is 0.273. The van der Waals surface area contributed by atoms with Gasteiger partial charge in [0.05, 0.1) is 28.1 Å². The lowest BCUT2D eigenvalue weighted by Crippen LogP contribution is -2.17. The summed E-state index contributed by atoms with van der Waals surface area (Å²) in [7, 11) is 0. The van der Waals surface area contributed by atoms with Crippen LogP contribution in [0.2, 0.25) is 10.0 Å². The predicted molar refractivity (Wildman–Crippen MR) is 114 cm³/mol. The number of nitrogens with zero attached hydrogens (tertiary/aromatic N) is 1. The summed E-state index contributed by atoms with van der Waals surface area (Å²) in [6.45, 7) is 5.75. The molecule has 0 bridgehead atoms. The molecule has 0 saturated carbocycles. The second-order valence-corrected chi connectivity index (χ2v) is 7.67. The SMILES string of the molecule is CCCOC(=O)[C@@H](C)c1c(C)n(C(=O)c2ccc(Cl)c(Cl)c2)c2ccc(O)cc12. The van der Waals surface area contributed by atoms with Crippen molar-refractivity contribution in [2.24, 2.45) is 0 Å². The molecular weight excluding hydrogens is 413 g/mol. The van der Waals surface area contributed by atoms with Crippen LogP contribution < -0.4 is 0 Å². The van der Waals surface area contributed by atoms with Gasteiger partial charge in [-0.1, -0.05) is 30.1 Å². The largest absolute Gasteiger partial charge is 0.508 e. The number of phenols is 1. The summed E-state index contributed by atoms with van der Waals surface area (Å²) < 4.78 is 6.82. The number of carbonyl (C=O) groups excluding carboxylic acids is 2. The summed E-state index contributed by atoms with van der Waals surface area (Å²) in [5.74, 6) is -1.24. The van der Waals surface area contributed by atoms with Gasteiger partial charge >= 0.3 is 5.97 Å². The number of benzene rings is 2. The highest BCUT2D eigenvalue weighted by molar-refractivity contribution is 6.42. The topological polar surface area (TPSA) is 68.5 Å². The third-order valence-electron chi connectivity index (χ3n) is 4.84. The molecule has 0 radical (unpaired) electrons. The number of aromatic nitrogens is 1. The molecule has 1 N–H and O–H groups in total. The molecule has 3 rings (SSSR count). The van der Waals surface area contributed by atoms with Gasteiger partial charge in [-0.2, -0.15) is 0 Å². The van der Waals surface area contributed by atoms with Crippen molar-refractivity contribution in [2.45, 2.75) is 33.1 Å². The summed E-state index contributed by atoms with van der Waals surface area (Å²) in [6.07, 6.45) is 0.718. The zero-order valence-electron chi connectivity index (χ0n) is 16.3. The van der Waals surface area contributed by atoms with Gasteiger partial charge in [-0.15, -0.1) is 0 Å². The van der Waals surface area contributed by atoms with Crippen molar-refractivity contribution in [3.05, 3.63) is 63.3 Å². The van der Waals surface area contributed by atoms with Crippen LogP contribution in [0.1, 0.15) is 47.8 Å². The lowest BCUT2D eigenvalue weighted by atomic mass is 9.98. The molecule has 0 saturated heterocycles. The van der Waals surface area contributed by atoms with E-state index in [1.807, 2.05) is 6.92 Å². The van der Waals surface area contributed by atoms with Crippen molar-refractivity contribution in [2.75, 3.05) is 6.61 Å². The maximum atomic E-state index is 13.3. The zero-order valence-corrected chi connectivity index (χ0v) is 17.8. The van der Waals surface area contributed by atoms with E-state index in [4.69, 9.17) is 27.9 Å². The predicted octanol–water partition coefficient (Wildman–Crippen LogP) is 5.71. The van der Waals surface area contributed by atoms with Crippen LogP contribution in [0.4, 0.5) is 0 Å². The highest BCUT2D eigenvalue weighted by Gasteiger charge is 2.27. The number of halogens is 2. The Bertz CT molecular complexity index is 1100. The first-order chi connectivity index (χ1) is 13.8. The van der Waals surface area contributed by atoms with Crippen molar-refractivity contribution < 1.29 is 19.4 Å². The van der Waals surface area contributed by atoms with E-state index in [0.29, 0.717) is 39.4 Å². The first-order valence-corrected chi connectivity index (χ1v) is 10.0. The fourth-order valence-electron chi connectivity index (χ4n) is 3.44. The van der Waals surface area contributed by atoms with Gasteiger partial charge < -0.3 is 9.84 Å². The summed E-state index contributed by atoms with van der Waals surface area (Å²) >= 11 is 12.1. The minimum absolute atomic E-state index is 0.0482. The second kappa shape index (κ2) is 8.47. The lowest BCUT2D eigenvalue weighted by Gasteiger charge is -2.13. The van der Waals surface area contributed by atoms with Gasteiger partial charge in [-0.05, 0) is 62.2 Å². The molecule has 2 aromatic carbocycles. The highest BCUT2D eigenvalue weighted by atomic mass is 35.5. The molecule has 3 aromatic rings. The minimum Gasteiger partial charge on any atom is -0.508 e. The first kappa shape index (κ1) is 21.2. The van der Waals surface area contributed by atoms with E-state index in [-0.39, 0.29) is 22.6 Å². The van der Waals surface area contributed by atoms with Gasteiger partial charge in [0.1, 0.15) is 5.75 Å². The lowest BCUT2D eigenvalue weighted by molar-refractivity contribution is -0.145. The van der Waals surface area contributed by atoms with Crippen LogP contribution in [0.15, 0.2) is 36.4 Å². The van der Waals surface area contributed by atoms with Gasteiger partial charge in [0.15, 0.2) is 0 Å². The maximum absolute atomic E-state index is 13.3. The third-order valence-corrected chi connectivity index (χ3v) is 5.58. The van der Waals surface area contributed by atoms with Gasteiger partial charge in [0, 0.05) is 16.6 Å². The van der Waals surface area contributed by atoms with Crippen LogP contribution in [0.3, 0.4) is 0 Å². The molecule has 1 atom stereocenters. The quantitative estimate of drug-likeness (QED) is 0.523. The summed E-state index contributed by atoms with van der Waals surface area (Å²) in [6, 6.07) is 9.39. The molecule has 0 amide bonds. The van der Waals surface area contributed by atoms with Gasteiger partial charge in [0.2, 0.25) is 0 Å². The Labute approximate surface area is 178 Å². The molecule has 29 heavy (non-hydrogen) atoms. The number of hydrogen-bond donors (Lipinski definition) is 1. The zero-order chi connectivity index (χ0) is 21.3. The molecule has 0 spiro atoms. The van der Waals surface area contributed by atoms with E-state index in [2.05, 4.69) is 0 Å². The van der Waals surface area contributed by atoms with Gasteiger partial charge in [-0.3, -0.25) is 14.2 Å². The number of hydrogen-bond acceptors (Lipinski definition) is 4. The van der Waals surface area contributed by atoms with Crippen molar-refractivity contribution in [1.29, 1.82) is 0 Å². The van der Waals surface area contributed by atoms with Crippen molar-refractivity contribution >= 4 is 46.0 Å². The standard InChI is InChI=1S/C22H21Cl2NO4/c1-4-9-29-22(28)12(2)20-13(3)25(19-8-6-15(26)11-16(19)20)21(27)14-5-7-17(23)18(24)10-14/h5-8,10-12,26H,4,9H2,1-3H3/t12-/m0/s1. The van der Waals surface area contributed by atoms with E-state index >= 15 is 0 Å². The summed E-state index contributed by atoms with van der Waals surface area (Å²) in [5.41, 5.74) is 2.19. The molecule has 1 aromatic heterocycles. The van der Waals surface area contributed by atoms with E-state index in [0.717, 1.165) is 6.42 Å². The number of rotatable bonds is 5. The molecule has 7 heteroatoms. The summed E-state index contributed by atoms with van der Waals surface area (Å²) in [4.78, 5) is 25.8. The smallest absolute Gasteiger partial charge is 0.313 e. The number of phenolic OH excluding ortho intramolecular Hbond substituents is 1. The first-order valence-electron chi connectivity index (χ1n) is 9.26. The molecule has 0 aliphatic rings. The van der Waals surface area contributed by atoms with Crippen molar-refractivity contribution in [1.82, 2.24) is 4.57 Å². The van der Waals surface area contributed by atoms with Crippen LogP contribution in [-0.4, -0.2) is 28.2 Å². The molecule has 0 fully saturated rings. The Morgan fingerprint density at radius 1 is 1.14 bits per heavy atom. The highest BCUT2D eigenvalue weighted by Crippen LogP contribution is 2.35. The monoisotopic (exact) mass is 433 g/mol. The van der Waals surface area contributed by atoms with Crippen molar-refractivity contribution in [3.63, 3.8) is 0 Å². The maximum Gasteiger partial charge on any atom is 0.313 e. The number of ether oxygens (including phenoxy) is 1. The Kier molecular flexibility index (Phi) is 6.20. The van der Waals surface area contributed by atoms with E-state index in [1.54, 1.807) is 38.1 Å². The minimum atomic E-state index is -0.603. The van der Waals surface area contributed by atoms with Gasteiger partial charge in [-0.25, -0.2) is 0 Å². The molecule has 5 nitrogen and oxygen atoms in total. The molecule has 0 aliphatic heterocycles. The van der Waals surface area contributed by atoms with Crippen LogP contribution >= 0.6 is 23.2 Å². The molecule has 152 valence electrons. The molecular formula is C22H21Cl2NO4. The van der Waals surface area contributed by atoms with Crippen molar-refractivity contribution in [3.8, 4) is 5.75 Å². The average Bonchev–Trinajstić information content (AvgIpc) is 2.97. The molecule has 0 aliphatic carbocycles. The number of carbonyl (C=O) groups is 2. The summed E-state index contributed by atoms with van der Waals surface area (Å²) in [5, 5.41) is 11.3. The Hall–Kier alpha value is -2.50. The normalized spacial score (nSPS) is 12.2. The van der Waals surface area contributed by atoms with Crippen LogP contribution in [0.25, 0.3) is 10.9 Å². The van der Waals surface area contributed by atoms with E-state index in [1.165, 1.54) is 16.7 Å². The molecule has 0 unspecified atom stereocenters. The number of esters is 1. The second-order valence-electron chi connectivity index (χ2n) is 6.86. The van der Waals surface area contributed by atoms with Crippen LogP contribution in [-0.2, 0) is 9.53 Å². The molecule has 1 heterocycles. The van der Waals surface area contributed by atoms with E-state index < -0.39 is 5.92 Å². The Morgan fingerprint density at radius 2 is 1.86 bits per heavy atom. The van der Waals surface area contributed by atoms with Crippen LogP contribution in [0, 0.1) is 6.92 Å². The van der Waals surface area contributed by atoms with Gasteiger partial charge in [0.25, 0.3) is 5.91 Å². The van der Waals surface area contributed by atoms with Crippen LogP contribution in [0.5, 0.6) is 5.75 Å².